The summed E-state index contributed by atoms with van der Waals surface area (Å²) in [6.45, 7) is 5.90. The van der Waals surface area contributed by atoms with Crippen LogP contribution in [0.2, 0.25) is 0 Å². The summed E-state index contributed by atoms with van der Waals surface area (Å²) in [7, 11) is 1.64. The van der Waals surface area contributed by atoms with Crippen LogP contribution in [0.1, 0.15) is 32.8 Å². The van der Waals surface area contributed by atoms with Gasteiger partial charge in [0.2, 0.25) is 0 Å². The van der Waals surface area contributed by atoms with Gasteiger partial charge in [0.25, 0.3) is 0 Å². The molecule has 0 aliphatic heterocycles. The Labute approximate surface area is 114 Å². The average Bonchev–Trinajstić information content (AvgIpc) is 2.36. The van der Waals surface area contributed by atoms with Gasteiger partial charge in [0, 0.05) is 6.42 Å². The van der Waals surface area contributed by atoms with Crippen LogP contribution in [0.3, 0.4) is 0 Å². The molecule has 0 aromatic heterocycles. The van der Waals surface area contributed by atoms with Gasteiger partial charge in [-0.2, -0.15) is 0 Å². The number of carboxylic acid groups (broad SMARTS) is 1. The number of rotatable bonds is 7. The van der Waals surface area contributed by atoms with E-state index in [1.54, 1.807) is 7.05 Å². The second kappa shape index (κ2) is 6.57. The summed E-state index contributed by atoms with van der Waals surface area (Å²) in [6.07, 6.45) is 1.39. The molecule has 0 saturated carbocycles. The highest BCUT2D eigenvalue weighted by molar-refractivity contribution is 5.73. The summed E-state index contributed by atoms with van der Waals surface area (Å²) in [6, 6.07) is 7.30. The quantitative estimate of drug-likeness (QED) is 0.795. The second-order valence-electron chi connectivity index (χ2n) is 5.24. The molecule has 4 nitrogen and oxygen atoms in total. The third kappa shape index (κ3) is 4.91. The van der Waals surface area contributed by atoms with Crippen LogP contribution in [0.15, 0.2) is 24.3 Å². The van der Waals surface area contributed by atoms with E-state index in [0.29, 0.717) is 6.42 Å². The van der Waals surface area contributed by atoms with Crippen molar-refractivity contribution >= 4 is 5.97 Å². The molecular formula is C15H23NO3. The average molecular weight is 265 g/mol. The molecular weight excluding hydrogens is 242 g/mol. The SMILES string of the molecule is CCc1ccc(OC(C)(C)CC(NC)C(=O)O)cc1. The fraction of sp³-hybridized carbons (Fsp3) is 0.533. The van der Waals surface area contributed by atoms with Crippen LogP contribution in [-0.2, 0) is 11.2 Å². The first-order chi connectivity index (χ1) is 8.88. The van der Waals surface area contributed by atoms with Crippen molar-refractivity contribution in [3.63, 3.8) is 0 Å². The van der Waals surface area contributed by atoms with Crippen molar-refractivity contribution in [2.75, 3.05) is 7.05 Å². The Hall–Kier alpha value is -1.55. The van der Waals surface area contributed by atoms with Crippen molar-refractivity contribution in [2.24, 2.45) is 0 Å². The van der Waals surface area contributed by atoms with E-state index in [1.165, 1.54) is 5.56 Å². The summed E-state index contributed by atoms with van der Waals surface area (Å²) in [5.74, 6) is -0.0945. The van der Waals surface area contributed by atoms with E-state index >= 15 is 0 Å². The standard InChI is InChI=1S/C15H23NO3/c1-5-11-6-8-12(9-7-11)19-15(2,3)10-13(16-4)14(17)18/h6-9,13,16H,5,10H2,1-4H3,(H,17,18). The van der Waals surface area contributed by atoms with Gasteiger partial charge in [0.15, 0.2) is 0 Å². The predicted molar refractivity (Wildman–Crippen MR) is 75.6 cm³/mol. The smallest absolute Gasteiger partial charge is 0.320 e. The highest BCUT2D eigenvalue weighted by Crippen LogP contribution is 2.23. The number of ether oxygens (including phenoxy) is 1. The molecule has 1 atom stereocenters. The lowest BCUT2D eigenvalue weighted by Crippen LogP contribution is -2.42. The lowest BCUT2D eigenvalue weighted by Gasteiger charge is -2.29. The van der Waals surface area contributed by atoms with Crippen LogP contribution in [0.5, 0.6) is 5.75 Å². The Bertz CT molecular complexity index is 412. The van der Waals surface area contributed by atoms with Crippen LogP contribution in [0.25, 0.3) is 0 Å². The number of nitrogens with one attached hydrogen (secondary N) is 1. The van der Waals surface area contributed by atoms with E-state index < -0.39 is 17.6 Å². The summed E-state index contributed by atoms with van der Waals surface area (Å²) in [5.41, 5.74) is 0.712. The van der Waals surface area contributed by atoms with Gasteiger partial charge in [-0.05, 0) is 45.0 Å². The summed E-state index contributed by atoms with van der Waals surface area (Å²) in [4.78, 5) is 11.0. The molecule has 1 rings (SSSR count). The van der Waals surface area contributed by atoms with Gasteiger partial charge in [-0.25, -0.2) is 0 Å². The van der Waals surface area contributed by atoms with E-state index in [4.69, 9.17) is 9.84 Å². The van der Waals surface area contributed by atoms with Gasteiger partial charge >= 0.3 is 5.97 Å². The minimum atomic E-state index is -0.861. The molecule has 19 heavy (non-hydrogen) atoms. The highest BCUT2D eigenvalue weighted by Gasteiger charge is 2.28. The first-order valence-corrected chi connectivity index (χ1v) is 6.56. The predicted octanol–water partition coefficient (Wildman–Crippen LogP) is 2.47. The molecule has 0 heterocycles. The molecule has 0 radical (unpaired) electrons. The van der Waals surface area contributed by atoms with Crippen molar-refractivity contribution in [1.29, 1.82) is 0 Å². The van der Waals surface area contributed by atoms with Gasteiger partial charge in [-0.3, -0.25) is 4.79 Å². The van der Waals surface area contributed by atoms with Crippen molar-refractivity contribution in [1.82, 2.24) is 5.32 Å². The fourth-order valence-electron chi connectivity index (χ4n) is 1.96. The molecule has 0 spiro atoms. The van der Waals surface area contributed by atoms with Gasteiger partial charge in [0.1, 0.15) is 17.4 Å². The Balaban J connectivity index is 2.69. The molecule has 1 aromatic rings. The number of hydrogen-bond donors (Lipinski definition) is 2. The number of carbonyl (C=O) groups is 1. The van der Waals surface area contributed by atoms with Crippen LogP contribution < -0.4 is 10.1 Å². The number of carboxylic acids is 1. The summed E-state index contributed by atoms with van der Waals surface area (Å²) in [5, 5.41) is 11.8. The molecule has 0 aliphatic rings. The monoisotopic (exact) mass is 265 g/mol. The van der Waals surface area contributed by atoms with Crippen molar-refractivity contribution in [3.8, 4) is 5.75 Å². The minimum absolute atomic E-state index is 0.397. The number of benzene rings is 1. The van der Waals surface area contributed by atoms with Crippen LogP contribution in [-0.4, -0.2) is 29.8 Å². The zero-order valence-corrected chi connectivity index (χ0v) is 12.1. The van der Waals surface area contributed by atoms with Gasteiger partial charge < -0.3 is 15.2 Å². The zero-order valence-electron chi connectivity index (χ0n) is 12.1. The molecule has 1 aromatic carbocycles. The summed E-state index contributed by atoms with van der Waals surface area (Å²) >= 11 is 0. The maximum Gasteiger partial charge on any atom is 0.320 e. The maximum atomic E-state index is 11.0. The van der Waals surface area contributed by atoms with Crippen molar-refractivity contribution in [2.45, 2.75) is 45.3 Å². The lowest BCUT2D eigenvalue weighted by molar-refractivity contribution is -0.140. The maximum absolute atomic E-state index is 11.0. The third-order valence-corrected chi connectivity index (χ3v) is 3.07. The normalized spacial score (nSPS) is 13.1. The van der Waals surface area contributed by atoms with E-state index in [0.717, 1.165) is 12.2 Å². The highest BCUT2D eigenvalue weighted by atomic mass is 16.5. The molecule has 0 aliphatic carbocycles. The van der Waals surface area contributed by atoms with E-state index in [-0.39, 0.29) is 0 Å². The first kappa shape index (κ1) is 15.5. The Morgan fingerprint density at radius 3 is 2.37 bits per heavy atom. The first-order valence-electron chi connectivity index (χ1n) is 6.56. The van der Waals surface area contributed by atoms with Crippen molar-refractivity contribution in [3.05, 3.63) is 29.8 Å². The molecule has 4 heteroatoms. The minimum Gasteiger partial charge on any atom is -0.488 e. The number of aliphatic carboxylic acids is 1. The molecule has 0 fully saturated rings. The number of aryl methyl sites for hydroxylation is 1. The largest absolute Gasteiger partial charge is 0.488 e. The van der Waals surface area contributed by atoms with Gasteiger partial charge in [-0.1, -0.05) is 19.1 Å². The van der Waals surface area contributed by atoms with Crippen molar-refractivity contribution < 1.29 is 14.6 Å². The third-order valence-electron chi connectivity index (χ3n) is 3.07. The molecule has 106 valence electrons. The lowest BCUT2D eigenvalue weighted by atomic mass is 9.98. The van der Waals surface area contributed by atoms with E-state index in [1.807, 2.05) is 38.1 Å². The number of hydrogen-bond acceptors (Lipinski definition) is 3. The zero-order chi connectivity index (χ0) is 14.5. The van der Waals surface area contributed by atoms with Crippen LogP contribution in [0.4, 0.5) is 0 Å². The van der Waals surface area contributed by atoms with Crippen LogP contribution >= 0.6 is 0 Å². The Morgan fingerprint density at radius 2 is 1.95 bits per heavy atom. The van der Waals surface area contributed by atoms with Gasteiger partial charge in [0.05, 0.1) is 0 Å². The van der Waals surface area contributed by atoms with E-state index in [9.17, 15) is 4.79 Å². The molecule has 0 amide bonds. The molecule has 0 bridgehead atoms. The Morgan fingerprint density at radius 1 is 1.37 bits per heavy atom. The van der Waals surface area contributed by atoms with E-state index in [2.05, 4.69) is 12.2 Å². The second-order valence-corrected chi connectivity index (χ2v) is 5.24. The fourth-order valence-corrected chi connectivity index (χ4v) is 1.96. The molecule has 2 N–H and O–H groups in total. The summed E-state index contributed by atoms with van der Waals surface area (Å²) < 4.78 is 5.88. The van der Waals surface area contributed by atoms with Gasteiger partial charge in [-0.15, -0.1) is 0 Å². The topological polar surface area (TPSA) is 58.6 Å². The molecule has 1 unspecified atom stereocenters. The van der Waals surface area contributed by atoms with Crippen LogP contribution in [0, 0.1) is 0 Å². The Kier molecular flexibility index (Phi) is 5.36. The molecule has 0 saturated heterocycles. The number of likely N-dealkylation sites (N-methyl/N-ethyl adjacent to an activating group) is 1.